The molecule has 0 amide bonds. The van der Waals surface area contributed by atoms with Gasteiger partial charge in [0.05, 0.1) is 6.04 Å². The summed E-state index contributed by atoms with van der Waals surface area (Å²) in [6.07, 6.45) is -4.69. The molecule has 0 spiro atoms. The van der Waals surface area contributed by atoms with Gasteiger partial charge in [-0.05, 0) is 35.4 Å². The molecule has 2 rings (SSSR count). The van der Waals surface area contributed by atoms with Gasteiger partial charge < -0.3 is 10.5 Å². The molecule has 1 atom stereocenters. The van der Waals surface area contributed by atoms with Gasteiger partial charge in [-0.25, -0.2) is 0 Å². The molecular formula is C14H11BrF3NO. The fraction of sp³-hybridized carbons (Fsp3) is 0.143. The lowest BCUT2D eigenvalue weighted by Crippen LogP contribution is -2.17. The molecule has 0 saturated heterocycles. The van der Waals surface area contributed by atoms with Crippen LogP contribution in [-0.2, 0) is 0 Å². The number of benzene rings is 2. The molecule has 0 aromatic heterocycles. The van der Waals surface area contributed by atoms with Gasteiger partial charge in [-0.2, -0.15) is 0 Å². The highest BCUT2D eigenvalue weighted by atomic mass is 79.9. The van der Waals surface area contributed by atoms with Crippen LogP contribution in [0.5, 0.6) is 5.75 Å². The fourth-order valence-corrected chi connectivity index (χ4v) is 2.19. The number of alkyl halides is 3. The van der Waals surface area contributed by atoms with Gasteiger partial charge >= 0.3 is 6.36 Å². The second-order valence-electron chi connectivity index (χ2n) is 4.15. The summed E-state index contributed by atoms with van der Waals surface area (Å²) in [5, 5.41) is 0. The van der Waals surface area contributed by atoms with Gasteiger partial charge in [0.25, 0.3) is 0 Å². The number of halogens is 4. The Morgan fingerprint density at radius 3 is 2.20 bits per heavy atom. The van der Waals surface area contributed by atoms with E-state index in [0.717, 1.165) is 10.0 Å². The first-order valence-electron chi connectivity index (χ1n) is 5.72. The van der Waals surface area contributed by atoms with Crippen LogP contribution in [0.2, 0.25) is 0 Å². The minimum atomic E-state index is -4.69. The third-order valence-electron chi connectivity index (χ3n) is 2.68. The molecule has 2 aromatic rings. The molecule has 0 bridgehead atoms. The van der Waals surface area contributed by atoms with Crippen molar-refractivity contribution in [2.24, 2.45) is 5.73 Å². The van der Waals surface area contributed by atoms with Crippen LogP contribution in [0.1, 0.15) is 17.2 Å². The zero-order chi connectivity index (χ0) is 14.8. The molecule has 20 heavy (non-hydrogen) atoms. The predicted octanol–water partition coefficient (Wildman–Crippen LogP) is 4.40. The van der Waals surface area contributed by atoms with Crippen LogP contribution in [0, 0.1) is 0 Å². The lowest BCUT2D eigenvalue weighted by molar-refractivity contribution is -0.274. The summed E-state index contributed by atoms with van der Waals surface area (Å²) in [6, 6.07) is 12.6. The van der Waals surface area contributed by atoms with E-state index in [9.17, 15) is 13.2 Å². The largest absolute Gasteiger partial charge is 0.573 e. The van der Waals surface area contributed by atoms with Crippen LogP contribution < -0.4 is 10.5 Å². The average molecular weight is 346 g/mol. The molecule has 0 saturated carbocycles. The molecule has 0 unspecified atom stereocenters. The second kappa shape index (κ2) is 5.85. The molecule has 2 aromatic carbocycles. The summed E-state index contributed by atoms with van der Waals surface area (Å²) in [7, 11) is 0. The lowest BCUT2D eigenvalue weighted by Gasteiger charge is -2.14. The van der Waals surface area contributed by atoms with E-state index in [1.165, 1.54) is 24.3 Å². The van der Waals surface area contributed by atoms with Crippen molar-refractivity contribution in [1.29, 1.82) is 0 Å². The maximum atomic E-state index is 12.1. The van der Waals surface area contributed by atoms with E-state index in [-0.39, 0.29) is 5.75 Å². The molecule has 0 aliphatic carbocycles. The molecule has 2 nitrogen and oxygen atoms in total. The minimum absolute atomic E-state index is 0.261. The third kappa shape index (κ3) is 3.98. The van der Waals surface area contributed by atoms with Gasteiger partial charge in [-0.15, -0.1) is 13.2 Å². The SMILES string of the molecule is N[C@H](c1ccc(OC(F)(F)F)cc1)c1cccc(Br)c1. The maximum absolute atomic E-state index is 12.1. The normalized spacial score (nSPS) is 13.1. The summed E-state index contributed by atoms with van der Waals surface area (Å²) in [4.78, 5) is 0. The van der Waals surface area contributed by atoms with Crippen molar-refractivity contribution in [2.45, 2.75) is 12.4 Å². The second-order valence-corrected chi connectivity index (χ2v) is 5.07. The molecule has 106 valence electrons. The van der Waals surface area contributed by atoms with Gasteiger partial charge in [0, 0.05) is 4.47 Å². The van der Waals surface area contributed by atoms with Crippen LogP contribution in [0.25, 0.3) is 0 Å². The van der Waals surface area contributed by atoms with E-state index in [2.05, 4.69) is 20.7 Å². The summed E-state index contributed by atoms with van der Waals surface area (Å²) >= 11 is 3.35. The lowest BCUT2D eigenvalue weighted by atomic mass is 10.00. The van der Waals surface area contributed by atoms with Crippen molar-refractivity contribution in [3.63, 3.8) is 0 Å². The van der Waals surface area contributed by atoms with E-state index in [1.807, 2.05) is 24.3 Å². The maximum Gasteiger partial charge on any atom is 0.573 e. The summed E-state index contributed by atoms with van der Waals surface area (Å²) in [5.74, 6) is -0.261. The Kier molecular flexibility index (Phi) is 4.35. The smallest absolute Gasteiger partial charge is 0.406 e. The van der Waals surface area contributed by atoms with Crippen molar-refractivity contribution >= 4 is 15.9 Å². The molecule has 6 heteroatoms. The monoisotopic (exact) mass is 345 g/mol. The molecule has 2 N–H and O–H groups in total. The average Bonchev–Trinajstić information content (AvgIpc) is 2.37. The van der Waals surface area contributed by atoms with Gasteiger partial charge in [0.15, 0.2) is 0 Å². The quantitative estimate of drug-likeness (QED) is 0.894. The number of nitrogens with two attached hydrogens (primary N) is 1. The Balaban J connectivity index is 2.17. The first-order chi connectivity index (χ1) is 9.35. The Morgan fingerprint density at radius 2 is 1.65 bits per heavy atom. The number of rotatable bonds is 3. The minimum Gasteiger partial charge on any atom is -0.406 e. The van der Waals surface area contributed by atoms with Crippen LogP contribution in [0.3, 0.4) is 0 Å². The Hall–Kier alpha value is -1.53. The Bertz CT molecular complexity index is 584. The topological polar surface area (TPSA) is 35.2 Å². The third-order valence-corrected chi connectivity index (χ3v) is 3.17. The molecule has 0 radical (unpaired) electrons. The van der Waals surface area contributed by atoms with Crippen LogP contribution in [-0.4, -0.2) is 6.36 Å². The van der Waals surface area contributed by atoms with E-state index in [0.29, 0.717) is 5.56 Å². The highest BCUT2D eigenvalue weighted by Crippen LogP contribution is 2.26. The molecule has 0 fully saturated rings. The highest BCUT2D eigenvalue weighted by molar-refractivity contribution is 9.10. The van der Waals surface area contributed by atoms with Gasteiger partial charge in [-0.1, -0.05) is 40.2 Å². The first kappa shape index (κ1) is 14.9. The van der Waals surface area contributed by atoms with Crippen molar-refractivity contribution in [2.75, 3.05) is 0 Å². The van der Waals surface area contributed by atoms with Crippen LogP contribution in [0.4, 0.5) is 13.2 Å². The number of hydrogen-bond donors (Lipinski definition) is 1. The van der Waals surface area contributed by atoms with Gasteiger partial charge in [-0.3, -0.25) is 0 Å². The van der Waals surface area contributed by atoms with Crippen molar-refractivity contribution < 1.29 is 17.9 Å². The number of hydrogen-bond acceptors (Lipinski definition) is 2. The molecule has 0 heterocycles. The Labute approximate surface area is 122 Å². The van der Waals surface area contributed by atoms with Gasteiger partial charge in [0.2, 0.25) is 0 Å². The summed E-state index contributed by atoms with van der Waals surface area (Å²) < 4.78 is 40.9. The zero-order valence-electron chi connectivity index (χ0n) is 10.2. The van der Waals surface area contributed by atoms with Crippen molar-refractivity contribution in [3.8, 4) is 5.75 Å². The van der Waals surface area contributed by atoms with E-state index >= 15 is 0 Å². The summed E-state index contributed by atoms with van der Waals surface area (Å²) in [5.41, 5.74) is 7.65. The fourth-order valence-electron chi connectivity index (χ4n) is 1.77. The summed E-state index contributed by atoms with van der Waals surface area (Å²) in [6.45, 7) is 0. The molecule has 0 aliphatic heterocycles. The Morgan fingerprint density at radius 1 is 1.00 bits per heavy atom. The highest BCUT2D eigenvalue weighted by Gasteiger charge is 2.31. The first-order valence-corrected chi connectivity index (χ1v) is 6.51. The van der Waals surface area contributed by atoms with Crippen LogP contribution in [0.15, 0.2) is 53.0 Å². The molecule has 0 aliphatic rings. The standard InChI is InChI=1S/C14H11BrF3NO/c15-11-3-1-2-10(8-11)13(19)9-4-6-12(7-5-9)20-14(16,17)18/h1-8,13H,19H2/t13-/m1/s1. The van der Waals surface area contributed by atoms with Crippen molar-refractivity contribution in [1.82, 2.24) is 0 Å². The molecular weight excluding hydrogens is 335 g/mol. The predicted molar refractivity (Wildman–Crippen MR) is 73.3 cm³/mol. The zero-order valence-corrected chi connectivity index (χ0v) is 11.8. The van der Waals surface area contributed by atoms with Gasteiger partial charge in [0.1, 0.15) is 5.75 Å². The van der Waals surface area contributed by atoms with Crippen molar-refractivity contribution in [3.05, 3.63) is 64.1 Å². The van der Waals surface area contributed by atoms with E-state index < -0.39 is 12.4 Å². The van der Waals surface area contributed by atoms with E-state index in [4.69, 9.17) is 5.73 Å². The number of ether oxygens (including phenoxy) is 1. The van der Waals surface area contributed by atoms with E-state index in [1.54, 1.807) is 0 Å². The van der Waals surface area contributed by atoms with Crippen LogP contribution >= 0.6 is 15.9 Å².